The molecule has 2 bridgehead atoms. The van der Waals surface area contributed by atoms with Crippen LogP contribution in [0.4, 0.5) is 0 Å². The minimum atomic E-state index is -3.90. The largest absolute Gasteiger partial charge is 0.494 e. The summed E-state index contributed by atoms with van der Waals surface area (Å²) in [6.07, 6.45) is 5.01. The molecule has 0 aliphatic carbocycles. The maximum absolute atomic E-state index is 13.3. The predicted molar refractivity (Wildman–Crippen MR) is 142 cm³/mol. The number of hydrogen-bond donors (Lipinski definition) is 0. The molecule has 2 aliphatic heterocycles. The Morgan fingerprint density at radius 1 is 1.11 bits per heavy atom. The van der Waals surface area contributed by atoms with Gasteiger partial charge in [-0.15, -0.1) is 0 Å². The minimum absolute atomic E-state index is 0.122. The highest BCUT2D eigenvalue weighted by Crippen LogP contribution is 2.50. The van der Waals surface area contributed by atoms with Crippen LogP contribution >= 0.6 is 0 Å². The number of benzene rings is 2. The summed E-state index contributed by atoms with van der Waals surface area (Å²) in [5, 5.41) is 1.15. The van der Waals surface area contributed by atoms with Crippen LogP contribution in [-0.4, -0.2) is 43.7 Å². The van der Waals surface area contributed by atoms with Crippen LogP contribution in [0.25, 0.3) is 10.9 Å². The van der Waals surface area contributed by atoms with Crippen molar-refractivity contribution in [2.75, 3.05) is 13.7 Å². The molecule has 3 heterocycles. The first-order chi connectivity index (χ1) is 17.2. The van der Waals surface area contributed by atoms with Crippen LogP contribution in [0.1, 0.15) is 68.7 Å². The molecule has 2 fully saturated rings. The van der Waals surface area contributed by atoms with Crippen molar-refractivity contribution in [1.29, 1.82) is 0 Å². The molecule has 5 rings (SSSR count). The van der Waals surface area contributed by atoms with Crippen molar-refractivity contribution in [2.45, 2.75) is 81.9 Å². The molecular formula is C29H36N2O4S. The molecule has 1 aromatic heterocycles. The summed E-state index contributed by atoms with van der Waals surface area (Å²) < 4.78 is 38.6. The van der Waals surface area contributed by atoms with Crippen LogP contribution < -0.4 is 4.74 Å². The van der Waals surface area contributed by atoms with Gasteiger partial charge in [0.1, 0.15) is 11.5 Å². The summed E-state index contributed by atoms with van der Waals surface area (Å²) in [6.45, 7) is 6.87. The quantitative estimate of drug-likeness (QED) is 0.349. The SMILES string of the molecule is CCCOc1cc(CC)c2ccc(C3CC4CCC(OS(=O)(=O)c5ccc(C)cc5)(C3)N4C)nc2c1. The van der Waals surface area contributed by atoms with Gasteiger partial charge in [0.15, 0.2) is 0 Å². The molecule has 2 aromatic carbocycles. The van der Waals surface area contributed by atoms with E-state index in [1.807, 2.05) is 20.0 Å². The average Bonchev–Trinajstić information content (AvgIpc) is 3.03. The smallest absolute Gasteiger partial charge is 0.298 e. The zero-order chi connectivity index (χ0) is 25.5. The molecule has 0 radical (unpaired) electrons. The van der Waals surface area contributed by atoms with Crippen molar-refractivity contribution in [3.63, 3.8) is 0 Å². The predicted octanol–water partition coefficient (Wildman–Crippen LogP) is 5.97. The van der Waals surface area contributed by atoms with Gasteiger partial charge in [-0.05, 0) is 82.3 Å². The molecule has 2 aliphatic rings. The number of pyridine rings is 1. The van der Waals surface area contributed by atoms with Gasteiger partial charge in [0.2, 0.25) is 0 Å². The molecule has 36 heavy (non-hydrogen) atoms. The van der Waals surface area contributed by atoms with Gasteiger partial charge < -0.3 is 4.74 Å². The summed E-state index contributed by atoms with van der Waals surface area (Å²) in [4.78, 5) is 7.44. The second kappa shape index (κ2) is 9.77. The fourth-order valence-electron chi connectivity index (χ4n) is 5.85. The lowest BCUT2D eigenvalue weighted by Gasteiger charge is -2.44. The van der Waals surface area contributed by atoms with Gasteiger partial charge in [-0.25, -0.2) is 4.18 Å². The van der Waals surface area contributed by atoms with E-state index in [0.717, 1.165) is 53.6 Å². The van der Waals surface area contributed by atoms with Crippen molar-refractivity contribution in [2.24, 2.45) is 0 Å². The van der Waals surface area contributed by atoms with Crippen LogP contribution in [0.15, 0.2) is 53.4 Å². The zero-order valence-corrected chi connectivity index (χ0v) is 22.5. The monoisotopic (exact) mass is 508 g/mol. The van der Waals surface area contributed by atoms with Gasteiger partial charge in [-0.1, -0.05) is 37.6 Å². The van der Waals surface area contributed by atoms with Gasteiger partial charge >= 0.3 is 0 Å². The highest BCUT2D eigenvalue weighted by Gasteiger charge is 2.54. The second-order valence-corrected chi connectivity index (χ2v) is 11.9. The maximum Gasteiger partial charge on any atom is 0.298 e. The van der Waals surface area contributed by atoms with Crippen LogP contribution in [0.3, 0.4) is 0 Å². The molecule has 3 unspecified atom stereocenters. The Morgan fingerprint density at radius 2 is 1.89 bits per heavy atom. The number of nitrogens with zero attached hydrogens (tertiary/aromatic N) is 2. The summed E-state index contributed by atoms with van der Waals surface area (Å²) in [5.41, 5.74) is 3.32. The molecule has 2 saturated heterocycles. The fraction of sp³-hybridized carbons (Fsp3) is 0.483. The average molecular weight is 509 g/mol. The number of piperidine rings is 1. The van der Waals surface area contributed by atoms with Gasteiger partial charge in [0.25, 0.3) is 10.1 Å². The third-order valence-electron chi connectivity index (χ3n) is 7.91. The highest BCUT2D eigenvalue weighted by molar-refractivity contribution is 7.86. The van der Waals surface area contributed by atoms with Crippen LogP contribution in [-0.2, 0) is 20.7 Å². The maximum atomic E-state index is 13.3. The Bertz CT molecular complexity index is 1360. The van der Waals surface area contributed by atoms with Gasteiger partial charge in [-0.3, -0.25) is 9.88 Å². The Balaban J connectivity index is 1.46. The zero-order valence-electron chi connectivity index (χ0n) is 21.7. The van der Waals surface area contributed by atoms with Crippen molar-refractivity contribution in [1.82, 2.24) is 9.88 Å². The van der Waals surface area contributed by atoms with Crippen molar-refractivity contribution < 1.29 is 17.3 Å². The number of aryl methyl sites for hydroxylation is 2. The van der Waals surface area contributed by atoms with E-state index in [9.17, 15) is 8.42 Å². The number of ether oxygens (including phenoxy) is 1. The first-order valence-corrected chi connectivity index (χ1v) is 14.5. The summed E-state index contributed by atoms with van der Waals surface area (Å²) in [7, 11) is -1.90. The number of fused-ring (bicyclic) bond motifs is 3. The topological polar surface area (TPSA) is 68.7 Å². The van der Waals surface area contributed by atoms with Crippen LogP contribution in [0.5, 0.6) is 5.75 Å². The van der Waals surface area contributed by atoms with Gasteiger partial charge in [0, 0.05) is 29.1 Å². The van der Waals surface area contributed by atoms with Crippen LogP contribution in [0.2, 0.25) is 0 Å². The number of hydrogen-bond acceptors (Lipinski definition) is 6. The molecule has 6 nitrogen and oxygen atoms in total. The van der Waals surface area contributed by atoms with E-state index in [1.165, 1.54) is 5.56 Å². The second-order valence-electron chi connectivity index (χ2n) is 10.3. The Hall–Kier alpha value is -2.48. The molecule has 7 heteroatoms. The minimum Gasteiger partial charge on any atom is -0.494 e. The Labute approximate surface area is 214 Å². The number of rotatable bonds is 8. The summed E-state index contributed by atoms with van der Waals surface area (Å²) >= 11 is 0. The molecule has 0 spiro atoms. The number of aromatic nitrogens is 1. The molecule has 0 saturated carbocycles. The van der Waals surface area contributed by atoms with E-state index in [1.54, 1.807) is 24.3 Å². The van der Waals surface area contributed by atoms with E-state index in [-0.39, 0.29) is 16.9 Å². The van der Waals surface area contributed by atoms with E-state index >= 15 is 0 Å². The van der Waals surface area contributed by atoms with Crippen LogP contribution in [0, 0.1) is 6.92 Å². The van der Waals surface area contributed by atoms with E-state index < -0.39 is 15.8 Å². The van der Waals surface area contributed by atoms with Gasteiger partial charge in [0.05, 0.1) is 17.0 Å². The molecule has 0 N–H and O–H groups in total. The Kier molecular flexibility index (Phi) is 6.83. The standard InChI is InChI=1S/C29H36N2O4S/c1-5-15-34-24-17-21(6-2)26-11-12-27(30-28(26)18-24)22-16-23-13-14-29(19-22,31(23)4)35-36(32,33)25-9-7-20(3)8-10-25/h7-12,17-18,22-23H,5-6,13-16,19H2,1-4H3. The van der Waals surface area contributed by atoms with E-state index in [2.05, 4.69) is 36.9 Å². The van der Waals surface area contributed by atoms with E-state index in [4.69, 9.17) is 13.9 Å². The molecular weight excluding hydrogens is 472 g/mol. The fourth-order valence-corrected chi connectivity index (χ4v) is 7.09. The third kappa shape index (κ3) is 4.64. The van der Waals surface area contributed by atoms with E-state index in [0.29, 0.717) is 19.4 Å². The first kappa shape index (κ1) is 25.2. The lowest BCUT2D eigenvalue weighted by Crippen LogP contribution is -2.52. The first-order valence-electron chi connectivity index (χ1n) is 13.1. The molecule has 192 valence electrons. The van der Waals surface area contributed by atoms with Crippen molar-refractivity contribution in [3.05, 3.63) is 65.4 Å². The summed E-state index contributed by atoms with van der Waals surface area (Å²) in [6, 6.07) is 15.6. The Morgan fingerprint density at radius 3 is 2.61 bits per heavy atom. The van der Waals surface area contributed by atoms with Gasteiger partial charge in [-0.2, -0.15) is 8.42 Å². The van der Waals surface area contributed by atoms with Crippen molar-refractivity contribution >= 4 is 21.0 Å². The molecule has 0 amide bonds. The summed E-state index contributed by atoms with van der Waals surface area (Å²) in [5.74, 6) is 0.981. The molecule has 3 atom stereocenters. The highest BCUT2D eigenvalue weighted by atomic mass is 32.2. The molecule has 3 aromatic rings. The normalized spacial score (nSPS) is 24.3. The lowest BCUT2D eigenvalue weighted by atomic mass is 9.86. The lowest BCUT2D eigenvalue weighted by molar-refractivity contribution is -0.0847. The van der Waals surface area contributed by atoms with Crippen molar-refractivity contribution in [3.8, 4) is 5.75 Å². The third-order valence-corrected chi connectivity index (χ3v) is 9.29.